The molecule has 19 nitrogen and oxygen atoms in total. The molecule has 3 aliphatic heterocycles. The van der Waals surface area contributed by atoms with Crippen LogP contribution in [0.15, 0.2) is 34.3 Å². The van der Waals surface area contributed by atoms with Gasteiger partial charge in [0, 0.05) is 49.9 Å². The number of aliphatic carboxylic acids is 1. The van der Waals surface area contributed by atoms with Crippen LogP contribution in [0, 0.1) is 17.0 Å². The van der Waals surface area contributed by atoms with Crippen LogP contribution < -0.4 is 15.5 Å². The SMILES string of the molecule is CC1=NO[C@@]2(CC[C@H](C)N3C[C@H]2n2cc(C(=O)NCc4ccc(F)cc4F)c(=O)c(OC(=O)C(C)(C)CCN(CC(=O)O)C(=O)OCOP(=O)(O)O)c2C3=O)C1. The molecule has 0 saturated carbocycles. The fraction of sp³-hybridized carbons (Fsp3) is 0.500. The van der Waals surface area contributed by atoms with Gasteiger partial charge in [-0.3, -0.25) is 28.9 Å². The Morgan fingerprint density at radius 3 is 2.54 bits per heavy atom. The van der Waals surface area contributed by atoms with E-state index >= 15 is 0 Å². The monoisotopic (exact) mass is 811 g/mol. The van der Waals surface area contributed by atoms with Gasteiger partial charge in [0.2, 0.25) is 18.0 Å². The molecule has 22 heteroatoms. The number of aromatic nitrogens is 1. The predicted octanol–water partition coefficient (Wildman–Crippen LogP) is 2.68. The summed E-state index contributed by atoms with van der Waals surface area (Å²) in [6.07, 6.45) is 0.693. The molecule has 2 aromatic rings. The number of hydrogen-bond acceptors (Lipinski definition) is 12. The first-order chi connectivity index (χ1) is 26.1. The van der Waals surface area contributed by atoms with Crippen molar-refractivity contribution in [2.45, 2.75) is 77.6 Å². The Balaban J connectivity index is 1.51. The summed E-state index contributed by atoms with van der Waals surface area (Å²) >= 11 is 0. The highest BCUT2D eigenvalue weighted by molar-refractivity contribution is 7.46. The lowest BCUT2D eigenvalue weighted by atomic mass is 9.84. The van der Waals surface area contributed by atoms with Gasteiger partial charge in [0.05, 0.1) is 17.2 Å². The Bertz CT molecular complexity index is 2090. The number of carbonyl (C=O) groups is 5. The number of hydrogen-bond donors (Lipinski definition) is 4. The first kappa shape index (κ1) is 41.9. The fourth-order valence-electron chi connectivity index (χ4n) is 6.69. The van der Waals surface area contributed by atoms with Crippen LogP contribution in [0.4, 0.5) is 13.6 Å². The van der Waals surface area contributed by atoms with E-state index in [1.165, 1.54) is 23.3 Å². The van der Waals surface area contributed by atoms with Crippen molar-refractivity contribution in [3.05, 3.63) is 63.1 Å². The predicted molar refractivity (Wildman–Crippen MR) is 186 cm³/mol. The molecular weight excluding hydrogens is 771 g/mol. The Hall–Kier alpha value is -5.24. The molecule has 1 aromatic carbocycles. The topological polar surface area (TPSA) is 253 Å². The molecule has 0 unspecified atom stereocenters. The summed E-state index contributed by atoms with van der Waals surface area (Å²) in [5.41, 5.74) is -4.23. The van der Waals surface area contributed by atoms with E-state index in [0.717, 1.165) is 18.3 Å². The Morgan fingerprint density at radius 1 is 1.20 bits per heavy atom. The minimum atomic E-state index is -5.03. The second kappa shape index (κ2) is 16.1. The maximum absolute atomic E-state index is 14.4. The number of rotatable bonds is 13. The van der Waals surface area contributed by atoms with Gasteiger partial charge < -0.3 is 44.0 Å². The molecule has 4 N–H and O–H groups in total. The Morgan fingerprint density at radius 2 is 1.91 bits per heavy atom. The van der Waals surface area contributed by atoms with Crippen molar-refractivity contribution in [2.24, 2.45) is 10.6 Å². The molecule has 3 atom stereocenters. The molecule has 0 radical (unpaired) electrons. The number of carboxylic acid groups (broad SMARTS) is 1. The zero-order valence-electron chi connectivity index (χ0n) is 30.7. The smallest absolute Gasteiger partial charge is 0.472 e. The first-order valence-electron chi connectivity index (χ1n) is 17.2. The number of phosphoric acid groups is 1. The van der Waals surface area contributed by atoms with Crippen LogP contribution in [0.25, 0.3) is 0 Å². The van der Waals surface area contributed by atoms with E-state index in [-0.39, 0.29) is 30.3 Å². The van der Waals surface area contributed by atoms with Gasteiger partial charge in [0.25, 0.3) is 11.8 Å². The summed E-state index contributed by atoms with van der Waals surface area (Å²) in [6, 6.07) is 1.60. The van der Waals surface area contributed by atoms with Crippen LogP contribution in [0.5, 0.6) is 5.75 Å². The number of ether oxygens (including phenoxy) is 2. The van der Waals surface area contributed by atoms with Crippen molar-refractivity contribution in [3.8, 4) is 5.75 Å². The lowest BCUT2D eigenvalue weighted by Gasteiger charge is -2.42. The maximum atomic E-state index is 14.4. The van der Waals surface area contributed by atoms with Gasteiger partial charge in [-0.25, -0.2) is 22.7 Å². The molecule has 3 amide bonds. The molecule has 3 aliphatic rings. The highest BCUT2D eigenvalue weighted by Crippen LogP contribution is 2.46. The van der Waals surface area contributed by atoms with E-state index in [0.29, 0.717) is 35.9 Å². The van der Waals surface area contributed by atoms with Crippen molar-refractivity contribution in [1.29, 1.82) is 0 Å². The number of benzene rings is 1. The summed E-state index contributed by atoms with van der Waals surface area (Å²) in [7, 11) is -5.03. The normalized spacial score (nSPS) is 20.4. The summed E-state index contributed by atoms with van der Waals surface area (Å²) in [6.45, 7) is 3.19. The van der Waals surface area contributed by atoms with Crippen LogP contribution in [-0.2, 0) is 34.8 Å². The third-order valence-corrected chi connectivity index (χ3v) is 10.3. The number of amides is 3. The van der Waals surface area contributed by atoms with Gasteiger partial charge in [0.1, 0.15) is 23.7 Å². The summed E-state index contributed by atoms with van der Waals surface area (Å²) in [5, 5.41) is 15.9. The highest BCUT2D eigenvalue weighted by atomic mass is 31.2. The number of phosphoric ester groups is 1. The summed E-state index contributed by atoms with van der Waals surface area (Å²) in [5.74, 6) is -6.96. The summed E-state index contributed by atoms with van der Waals surface area (Å²) in [4.78, 5) is 106. The first-order valence-corrected chi connectivity index (χ1v) is 18.7. The highest BCUT2D eigenvalue weighted by Gasteiger charge is 2.54. The second-order valence-corrected chi connectivity index (χ2v) is 15.6. The number of esters is 1. The van der Waals surface area contributed by atoms with Gasteiger partial charge >= 0.3 is 25.9 Å². The molecule has 2 bridgehead atoms. The average molecular weight is 812 g/mol. The van der Waals surface area contributed by atoms with Gasteiger partial charge in [-0.05, 0) is 53.0 Å². The lowest BCUT2D eigenvalue weighted by Crippen LogP contribution is -2.52. The fourth-order valence-corrected chi connectivity index (χ4v) is 6.88. The number of oxime groups is 1. The number of nitrogens with one attached hydrogen (secondary N) is 1. The zero-order valence-corrected chi connectivity index (χ0v) is 31.5. The number of carboxylic acids is 1. The van der Waals surface area contributed by atoms with Crippen molar-refractivity contribution in [1.82, 2.24) is 19.7 Å². The largest absolute Gasteiger partial charge is 0.480 e. The van der Waals surface area contributed by atoms with Gasteiger partial charge in [-0.1, -0.05) is 11.2 Å². The number of halogens is 2. The van der Waals surface area contributed by atoms with Crippen LogP contribution in [0.1, 0.15) is 85.8 Å². The van der Waals surface area contributed by atoms with E-state index in [9.17, 15) is 47.2 Å². The standard InChI is InChI=1S/C34H40F2N5O14P/c1-18-12-34(55-38-18)8-7-19(2)40-15-24(34)41-14-22(29(45)37-13-20-5-6-21(35)11-23(20)36)27(44)28(26(41)30(40)46)54-31(47)33(3,4)9-10-39(16-25(42)43)32(48)52-17-53-56(49,50)51/h5-6,11,14,19,24H,7-10,12-13,15-17H2,1-4H3,(H,37,45)(H,42,43)(H2,49,50,51)/t19-,24+,34-/m0/s1. The van der Waals surface area contributed by atoms with E-state index < -0.39 is 110 Å². The average Bonchev–Trinajstić information content (AvgIpc) is 3.44. The molecular formula is C34H40F2N5O14P. The van der Waals surface area contributed by atoms with Crippen molar-refractivity contribution in [2.75, 3.05) is 26.4 Å². The molecule has 304 valence electrons. The van der Waals surface area contributed by atoms with Crippen LogP contribution >= 0.6 is 7.82 Å². The van der Waals surface area contributed by atoms with Gasteiger partial charge in [-0.15, -0.1) is 0 Å². The summed E-state index contributed by atoms with van der Waals surface area (Å²) < 4.78 is 54.6. The van der Waals surface area contributed by atoms with Crippen LogP contribution in [-0.4, -0.2) is 103 Å². The van der Waals surface area contributed by atoms with Crippen LogP contribution in [0.2, 0.25) is 0 Å². The molecule has 0 aliphatic carbocycles. The van der Waals surface area contributed by atoms with Gasteiger partial charge in [-0.2, -0.15) is 0 Å². The number of fused-ring (bicyclic) bond motifs is 5. The van der Waals surface area contributed by atoms with E-state index in [2.05, 4.69) is 19.7 Å². The van der Waals surface area contributed by atoms with Crippen molar-refractivity contribution < 1.29 is 71.0 Å². The Labute approximate surface area is 317 Å². The van der Waals surface area contributed by atoms with Crippen molar-refractivity contribution >= 4 is 43.4 Å². The third-order valence-electron chi connectivity index (χ3n) is 9.86. The molecule has 1 saturated heterocycles. The number of carbonyl (C=O) groups excluding carboxylic acids is 4. The molecule has 1 fully saturated rings. The minimum absolute atomic E-state index is 0.0775. The molecule has 1 spiro atoms. The molecule has 1 aromatic heterocycles. The van der Waals surface area contributed by atoms with Crippen LogP contribution in [0.3, 0.4) is 0 Å². The quantitative estimate of drug-likeness (QED) is 0.129. The minimum Gasteiger partial charge on any atom is -0.480 e. The number of pyridine rings is 1. The molecule has 56 heavy (non-hydrogen) atoms. The zero-order chi connectivity index (χ0) is 41.3. The van der Waals surface area contributed by atoms with Gasteiger partial charge in [0.15, 0.2) is 11.3 Å². The maximum Gasteiger partial charge on any atom is 0.472 e. The van der Waals surface area contributed by atoms with E-state index in [4.69, 9.17) is 19.4 Å². The van der Waals surface area contributed by atoms with Crippen molar-refractivity contribution in [3.63, 3.8) is 0 Å². The van der Waals surface area contributed by atoms with E-state index in [1.54, 1.807) is 6.92 Å². The second-order valence-electron chi connectivity index (χ2n) is 14.4. The lowest BCUT2D eigenvalue weighted by molar-refractivity contribution is -0.144. The van der Waals surface area contributed by atoms with E-state index in [1.807, 2.05) is 6.92 Å². The Kier molecular flexibility index (Phi) is 12.0. The molecule has 5 rings (SSSR count). The third kappa shape index (κ3) is 9.07. The molecule has 4 heterocycles. The number of nitrogens with zero attached hydrogens (tertiary/aromatic N) is 4.